The van der Waals surface area contributed by atoms with Gasteiger partial charge in [-0.05, 0) is 29.8 Å². The maximum absolute atomic E-state index is 12.4. The first-order chi connectivity index (χ1) is 12.6. The summed E-state index contributed by atoms with van der Waals surface area (Å²) < 4.78 is 5.00. The number of nitrogens with zero attached hydrogens (tertiary/aromatic N) is 2. The smallest absolute Gasteiger partial charge is 0.331 e. The van der Waals surface area contributed by atoms with Crippen LogP contribution in [-0.2, 0) is 14.3 Å². The number of amides is 1. The molecule has 0 unspecified atom stereocenters. The summed E-state index contributed by atoms with van der Waals surface area (Å²) in [5, 5.41) is 9.28. The predicted molar refractivity (Wildman–Crippen MR) is 100 cm³/mol. The van der Waals surface area contributed by atoms with Gasteiger partial charge < -0.3 is 9.64 Å². The Kier molecular flexibility index (Phi) is 7.41. The second-order valence-corrected chi connectivity index (χ2v) is 5.66. The van der Waals surface area contributed by atoms with Gasteiger partial charge in [-0.25, -0.2) is 4.79 Å². The van der Waals surface area contributed by atoms with Crippen molar-refractivity contribution >= 4 is 35.2 Å². The zero-order valence-electron chi connectivity index (χ0n) is 14.0. The molecular weight excluding hydrogens is 352 g/mol. The summed E-state index contributed by atoms with van der Waals surface area (Å²) in [5.74, 6) is -1.04. The van der Waals surface area contributed by atoms with Crippen molar-refractivity contribution in [2.24, 2.45) is 0 Å². The van der Waals surface area contributed by atoms with Crippen LogP contribution in [0, 0.1) is 11.3 Å². The standard InChI is InChI=1S/C20H17ClN2O3/c21-18-10-5-4-7-16(18)11-12-20(25)26-15-19(24)23(14-6-13-22)17-8-2-1-3-9-17/h1-5,7-12H,6,14-15H2/b12-11+. The topological polar surface area (TPSA) is 70.4 Å². The van der Waals surface area contributed by atoms with Crippen LogP contribution in [0.3, 0.4) is 0 Å². The molecule has 132 valence electrons. The van der Waals surface area contributed by atoms with Gasteiger partial charge in [0.15, 0.2) is 6.61 Å². The highest BCUT2D eigenvalue weighted by atomic mass is 35.5. The summed E-state index contributed by atoms with van der Waals surface area (Å²) in [4.78, 5) is 25.6. The number of rotatable bonds is 7. The second kappa shape index (κ2) is 10.0. The van der Waals surface area contributed by atoms with Crippen LogP contribution in [0.1, 0.15) is 12.0 Å². The molecule has 26 heavy (non-hydrogen) atoms. The van der Waals surface area contributed by atoms with Crippen molar-refractivity contribution in [3.05, 3.63) is 71.3 Å². The Morgan fingerprint density at radius 1 is 1.12 bits per heavy atom. The van der Waals surface area contributed by atoms with Crippen molar-refractivity contribution in [3.63, 3.8) is 0 Å². The number of halogens is 1. The molecule has 0 radical (unpaired) electrons. The fraction of sp³-hybridized carbons (Fsp3) is 0.150. The molecule has 2 aromatic rings. The van der Waals surface area contributed by atoms with E-state index in [1.54, 1.807) is 48.5 Å². The Morgan fingerprint density at radius 2 is 1.81 bits per heavy atom. The predicted octanol–water partition coefficient (Wildman–Crippen LogP) is 3.84. The van der Waals surface area contributed by atoms with Crippen LogP contribution in [0.25, 0.3) is 6.08 Å². The van der Waals surface area contributed by atoms with Crippen molar-refractivity contribution in [2.75, 3.05) is 18.1 Å². The minimum atomic E-state index is -0.647. The van der Waals surface area contributed by atoms with Crippen LogP contribution in [0.15, 0.2) is 60.7 Å². The van der Waals surface area contributed by atoms with Crippen LogP contribution in [0.5, 0.6) is 0 Å². The molecule has 0 bridgehead atoms. The molecule has 1 amide bonds. The Balaban J connectivity index is 1.95. The van der Waals surface area contributed by atoms with Gasteiger partial charge in [0.2, 0.25) is 0 Å². The van der Waals surface area contributed by atoms with E-state index in [9.17, 15) is 9.59 Å². The molecule has 0 aliphatic carbocycles. The van der Waals surface area contributed by atoms with Crippen molar-refractivity contribution in [2.45, 2.75) is 6.42 Å². The molecule has 0 N–H and O–H groups in total. The highest BCUT2D eigenvalue weighted by Gasteiger charge is 2.16. The maximum atomic E-state index is 12.4. The van der Waals surface area contributed by atoms with Crippen molar-refractivity contribution in [3.8, 4) is 6.07 Å². The van der Waals surface area contributed by atoms with Crippen LogP contribution in [-0.4, -0.2) is 25.0 Å². The molecule has 0 heterocycles. The lowest BCUT2D eigenvalue weighted by atomic mass is 10.2. The number of benzene rings is 2. The SMILES string of the molecule is N#CCCN(C(=O)COC(=O)/C=C/c1ccccc1Cl)c1ccccc1. The Morgan fingerprint density at radius 3 is 2.50 bits per heavy atom. The van der Waals surface area contributed by atoms with Crippen LogP contribution in [0.4, 0.5) is 5.69 Å². The Labute approximate surface area is 157 Å². The van der Waals surface area contributed by atoms with Crippen LogP contribution >= 0.6 is 11.6 Å². The second-order valence-electron chi connectivity index (χ2n) is 5.25. The third-order valence-corrected chi connectivity index (χ3v) is 3.80. The van der Waals surface area contributed by atoms with Crippen LogP contribution < -0.4 is 4.90 Å². The largest absolute Gasteiger partial charge is 0.452 e. The van der Waals surface area contributed by atoms with Gasteiger partial charge in [0.25, 0.3) is 5.91 Å². The van der Waals surface area contributed by atoms with E-state index in [1.807, 2.05) is 12.1 Å². The van der Waals surface area contributed by atoms with Gasteiger partial charge >= 0.3 is 5.97 Å². The van der Waals surface area contributed by atoms with Gasteiger partial charge in [0.05, 0.1) is 12.5 Å². The third kappa shape index (κ3) is 5.76. The van der Waals surface area contributed by atoms with E-state index < -0.39 is 18.5 Å². The number of anilines is 1. The first-order valence-electron chi connectivity index (χ1n) is 7.93. The minimum Gasteiger partial charge on any atom is -0.452 e. The number of para-hydroxylation sites is 1. The van der Waals surface area contributed by atoms with E-state index >= 15 is 0 Å². The van der Waals surface area contributed by atoms with Gasteiger partial charge in [0, 0.05) is 23.3 Å². The lowest BCUT2D eigenvalue weighted by molar-refractivity contribution is -0.142. The lowest BCUT2D eigenvalue weighted by Crippen LogP contribution is -2.35. The summed E-state index contributed by atoms with van der Waals surface area (Å²) >= 11 is 6.00. The van der Waals surface area contributed by atoms with Crippen molar-refractivity contribution in [1.29, 1.82) is 5.26 Å². The highest BCUT2D eigenvalue weighted by molar-refractivity contribution is 6.32. The Bertz CT molecular complexity index is 828. The molecule has 0 spiro atoms. The maximum Gasteiger partial charge on any atom is 0.331 e. The van der Waals surface area contributed by atoms with E-state index in [0.717, 1.165) is 0 Å². The molecule has 6 heteroatoms. The molecule has 0 aliphatic rings. The number of ether oxygens (including phenoxy) is 1. The van der Waals surface area contributed by atoms with Gasteiger partial charge in [-0.2, -0.15) is 5.26 Å². The first kappa shape index (κ1) is 19.2. The molecule has 2 aromatic carbocycles. The van der Waals surface area contributed by atoms with Gasteiger partial charge in [-0.15, -0.1) is 0 Å². The Hall–Kier alpha value is -3.10. The molecular formula is C20H17ClN2O3. The molecule has 0 saturated carbocycles. The first-order valence-corrected chi connectivity index (χ1v) is 8.31. The van der Waals surface area contributed by atoms with Gasteiger partial charge in [-0.1, -0.05) is 48.0 Å². The summed E-state index contributed by atoms with van der Waals surface area (Å²) in [6.45, 7) is -0.182. The number of carbonyl (C=O) groups excluding carboxylic acids is 2. The van der Waals surface area contributed by atoms with E-state index in [1.165, 1.54) is 17.1 Å². The zero-order chi connectivity index (χ0) is 18.8. The summed E-state index contributed by atoms with van der Waals surface area (Å²) in [7, 11) is 0. The normalized spacial score (nSPS) is 10.3. The molecule has 5 nitrogen and oxygen atoms in total. The molecule has 0 aliphatic heterocycles. The number of hydrogen-bond donors (Lipinski definition) is 0. The highest BCUT2D eigenvalue weighted by Crippen LogP contribution is 2.16. The number of hydrogen-bond acceptors (Lipinski definition) is 4. The summed E-state index contributed by atoms with van der Waals surface area (Å²) in [5.41, 5.74) is 1.33. The molecule has 0 aromatic heterocycles. The number of nitriles is 1. The summed E-state index contributed by atoms with van der Waals surface area (Å²) in [6, 6.07) is 18.0. The van der Waals surface area contributed by atoms with Gasteiger partial charge in [0.1, 0.15) is 0 Å². The number of esters is 1. The quantitative estimate of drug-likeness (QED) is 0.550. The van der Waals surface area contributed by atoms with E-state index in [2.05, 4.69) is 0 Å². The van der Waals surface area contributed by atoms with E-state index in [0.29, 0.717) is 16.3 Å². The molecule has 2 rings (SSSR count). The minimum absolute atomic E-state index is 0.182. The average molecular weight is 369 g/mol. The van der Waals surface area contributed by atoms with Gasteiger partial charge in [-0.3, -0.25) is 4.79 Å². The van der Waals surface area contributed by atoms with Crippen molar-refractivity contribution in [1.82, 2.24) is 0 Å². The zero-order valence-corrected chi connectivity index (χ0v) is 14.7. The lowest BCUT2D eigenvalue weighted by Gasteiger charge is -2.21. The molecule has 0 saturated heterocycles. The van der Waals surface area contributed by atoms with E-state index in [4.69, 9.17) is 21.6 Å². The third-order valence-electron chi connectivity index (χ3n) is 3.46. The average Bonchev–Trinajstić information content (AvgIpc) is 2.67. The van der Waals surface area contributed by atoms with Crippen LogP contribution in [0.2, 0.25) is 5.02 Å². The molecule has 0 fully saturated rings. The number of carbonyl (C=O) groups is 2. The van der Waals surface area contributed by atoms with E-state index in [-0.39, 0.29) is 13.0 Å². The fourth-order valence-electron chi connectivity index (χ4n) is 2.19. The molecule has 0 atom stereocenters. The summed E-state index contributed by atoms with van der Waals surface area (Å²) in [6.07, 6.45) is 2.93. The fourth-order valence-corrected chi connectivity index (χ4v) is 2.39. The monoisotopic (exact) mass is 368 g/mol. The van der Waals surface area contributed by atoms with Crippen molar-refractivity contribution < 1.29 is 14.3 Å².